The monoisotopic (exact) mass is 396 g/mol. The number of amides is 1. The Morgan fingerprint density at radius 2 is 1.83 bits per heavy atom. The normalized spacial score (nSPS) is 17.1. The molecule has 5 nitrogen and oxygen atoms in total. The number of ether oxygens (including phenoxy) is 2. The summed E-state index contributed by atoms with van der Waals surface area (Å²) in [6.45, 7) is 5.90. The molecule has 1 heterocycles. The predicted molar refractivity (Wildman–Crippen MR) is 115 cm³/mol. The Bertz CT molecular complexity index is 776. The van der Waals surface area contributed by atoms with Gasteiger partial charge in [0.1, 0.15) is 12.4 Å². The van der Waals surface area contributed by atoms with Crippen LogP contribution in [0.3, 0.4) is 0 Å². The molecule has 156 valence electrons. The lowest BCUT2D eigenvalue weighted by atomic mass is 10.0. The van der Waals surface area contributed by atoms with Crippen LogP contribution < -0.4 is 10.1 Å². The molecule has 3 rings (SSSR count). The summed E-state index contributed by atoms with van der Waals surface area (Å²) in [5, 5.41) is 2.99. The Hall–Kier alpha value is -2.37. The van der Waals surface area contributed by atoms with Gasteiger partial charge < -0.3 is 14.8 Å². The molecule has 1 atom stereocenters. The van der Waals surface area contributed by atoms with E-state index in [1.807, 2.05) is 12.1 Å². The van der Waals surface area contributed by atoms with Crippen LogP contribution in [0.15, 0.2) is 48.5 Å². The van der Waals surface area contributed by atoms with Gasteiger partial charge in [-0.15, -0.1) is 0 Å². The van der Waals surface area contributed by atoms with E-state index in [1.54, 1.807) is 19.2 Å². The molecule has 1 aliphatic rings. The van der Waals surface area contributed by atoms with E-state index in [9.17, 15) is 4.79 Å². The van der Waals surface area contributed by atoms with Gasteiger partial charge in [0.05, 0.1) is 12.2 Å². The highest BCUT2D eigenvalue weighted by molar-refractivity contribution is 5.96. The minimum absolute atomic E-state index is 0.135. The summed E-state index contributed by atoms with van der Waals surface area (Å²) in [4.78, 5) is 15.2. The van der Waals surface area contributed by atoms with Crippen LogP contribution in [0, 0.1) is 0 Å². The van der Waals surface area contributed by atoms with Gasteiger partial charge in [0, 0.05) is 26.2 Å². The molecular weight excluding hydrogens is 364 g/mol. The Morgan fingerprint density at radius 1 is 1.07 bits per heavy atom. The van der Waals surface area contributed by atoms with Crippen LogP contribution in [-0.2, 0) is 17.8 Å². The van der Waals surface area contributed by atoms with Crippen LogP contribution in [0.2, 0.25) is 0 Å². The zero-order valence-corrected chi connectivity index (χ0v) is 17.5. The highest BCUT2D eigenvalue weighted by Crippen LogP contribution is 2.20. The number of piperidine rings is 1. The number of nitrogens with zero attached hydrogens (tertiary/aromatic N) is 1. The van der Waals surface area contributed by atoms with Gasteiger partial charge in [-0.3, -0.25) is 9.69 Å². The number of carbonyl (C=O) groups is 1. The molecule has 1 unspecified atom stereocenters. The predicted octanol–water partition coefficient (Wildman–Crippen LogP) is 4.02. The largest absolute Gasteiger partial charge is 0.490 e. The Kier molecular flexibility index (Phi) is 8.08. The van der Waals surface area contributed by atoms with E-state index < -0.39 is 0 Å². The number of likely N-dealkylation sites (tertiary alicyclic amines) is 1. The minimum atomic E-state index is -0.135. The Balaban J connectivity index is 1.53. The molecule has 1 fully saturated rings. The van der Waals surface area contributed by atoms with Crippen molar-refractivity contribution in [1.82, 2.24) is 10.2 Å². The first-order valence-corrected chi connectivity index (χ1v) is 10.5. The number of nitrogens with one attached hydrogen (secondary N) is 1. The van der Waals surface area contributed by atoms with E-state index in [-0.39, 0.29) is 5.91 Å². The third kappa shape index (κ3) is 6.31. The standard InChI is InChI=1S/C24H32N2O3/c1-19-7-5-6-14-26(19)18-21-12-10-20(11-13-21)17-25-24(27)22-8-3-4-9-23(22)29-16-15-28-2/h3-4,8-13,19H,5-7,14-18H2,1-2H3,(H,25,27). The summed E-state index contributed by atoms with van der Waals surface area (Å²) in [5.74, 6) is 0.442. The minimum Gasteiger partial charge on any atom is -0.490 e. The second-order valence-electron chi connectivity index (χ2n) is 7.65. The Morgan fingerprint density at radius 3 is 2.59 bits per heavy atom. The third-order valence-corrected chi connectivity index (χ3v) is 5.48. The molecule has 0 spiro atoms. The van der Waals surface area contributed by atoms with Gasteiger partial charge in [-0.05, 0) is 49.6 Å². The lowest BCUT2D eigenvalue weighted by Gasteiger charge is -2.33. The number of carbonyl (C=O) groups excluding carboxylic acids is 1. The molecule has 1 saturated heterocycles. The molecule has 2 aromatic carbocycles. The quantitative estimate of drug-likeness (QED) is 0.651. The van der Waals surface area contributed by atoms with Crippen LogP contribution in [0.5, 0.6) is 5.75 Å². The second kappa shape index (κ2) is 11.0. The fourth-order valence-corrected chi connectivity index (χ4v) is 3.68. The molecular formula is C24H32N2O3. The van der Waals surface area contributed by atoms with Gasteiger partial charge in [-0.25, -0.2) is 0 Å². The summed E-state index contributed by atoms with van der Waals surface area (Å²) in [6.07, 6.45) is 3.93. The van der Waals surface area contributed by atoms with E-state index in [4.69, 9.17) is 9.47 Å². The summed E-state index contributed by atoms with van der Waals surface area (Å²) in [6, 6.07) is 16.5. The van der Waals surface area contributed by atoms with E-state index in [1.165, 1.54) is 31.4 Å². The number of hydrogen-bond acceptors (Lipinski definition) is 4. The van der Waals surface area contributed by atoms with Crippen molar-refractivity contribution < 1.29 is 14.3 Å². The molecule has 5 heteroatoms. The van der Waals surface area contributed by atoms with Gasteiger partial charge in [0.25, 0.3) is 5.91 Å². The van der Waals surface area contributed by atoms with Crippen molar-refractivity contribution in [2.24, 2.45) is 0 Å². The van der Waals surface area contributed by atoms with E-state index in [0.717, 1.165) is 12.1 Å². The van der Waals surface area contributed by atoms with Crippen molar-refractivity contribution in [2.75, 3.05) is 26.9 Å². The van der Waals surface area contributed by atoms with Crippen molar-refractivity contribution in [3.8, 4) is 5.75 Å². The van der Waals surface area contributed by atoms with Gasteiger partial charge in [0.15, 0.2) is 0 Å². The molecule has 0 aromatic heterocycles. The summed E-state index contributed by atoms with van der Waals surface area (Å²) < 4.78 is 10.7. The topological polar surface area (TPSA) is 50.8 Å². The summed E-state index contributed by atoms with van der Waals surface area (Å²) >= 11 is 0. The molecule has 29 heavy (non-hydrogen) atoms. The molecule has 2 aromatic rings. The van der Waals surface area contributed by atoms with Gasteiger partial charge in [-0.2, -0.15) is 0 Å². The van der Waals surface area contributed by atoms with Crippen molar-refractivity contribution in [3.63, 3.8) is 0 Å². The van der Waals surface area contributed by atoms with Crippen LogP contribution in [0.25, 0.3) is 0 Å². The molecule has 1 amide bonds. The highest BCUT2D eigenvalue weighted by atomic mass is 16.5. The molecule has 0 bridgehead atoms. The second-order valence-corrected chi connectivity index (χ2v) is 7.65. The first-order valence-electron chi connectivity index (χ1n) is 10.5. The maximum absolute atomic E-state index is 12.6. The van der Waals surface area contributed by atoms with Crippen molar-refractivity contribution in [2.45, 2.75) is 45.3 Å². The molecule has 1 N–H and O–H groups in total. The maximum atomic E-state index is 12.6. The number of para-hydroxylation sites is 1. The molecule has 1 aliphatic heterocycles. The van der Waals surface area contributed by atoms with Crippen LogP contribution in [0.4, 0.5) is 0 Å². The number of hydrogen-bond donors (Lipinski definition) is 1. The zero-order chi connectivity index (χ0) is 20.5. The number of benzene rings is 2. The maximum Gasteiger partial charge on any atom is 0.255 e. The van der Waals surface area contributed by atoms with E-state index in [0.29, 0.717) is 37.1 Å². The van der Waals surface area contributed by atoms with Gasteiger partial charge >= 0.3 is 0 Å². The van der Waals surface area contributed by atoms with Crippen molar-refractivity contribution >= 4 is 5.91 Å². The number of rotatable bonds is 9. The summed E-state index contributed by atoms with van der Waals surface area (Å²) in [7, 11) is 1.63. The van der Waals surface area contributed by atoms with E-state index in [2.05, 4.69) is 41.4 Å². The smallest absolute Gasteiger partial charge is 0.255 e. The lowest BCUT2D eigenvalue weighted by Crippen LogP contribution is -2.36. The van der Waals surface area contributed by atoms with Crippen molar-refractivity contribution in [3.05, 3.63) is 65.2 Å². The first-order chi connectivity index (χ1) is 14.2. The average Bonchev–Trinajstić information content (AvgIpc) is 2.75. The van der Waals surface area contributed by atoms with Gasteiger partial charge in [0.2, 0.25) is 0 Å². The highest BCUT2D eigenvalue weighted by Gasteiger charge is 2.18. The van der Waals surface area contributed by atoms with Gasteiger partial charge in [-0.1, -0.05) is 42.8 Å². The zero-order valence-electron chi connectivity index (χ0n) is 17.5. The fourth-order valence-electron chi connectivity index (χ4n) is 3.68. The van der Waals surface area contributed by atoms with E-state index >= 15 is 0 Å². The number of methoxy groups -OCH3 is 1. The first kappa shape index (κ1) is 21.3. The third-order valence-electron chi connectivity index (χ3n) is 5.48. The molecule has 0 radical (unpaired) electrons. The van der Waals surface area contributed by atoms with Crippen LogP contribution >= 0.6 is 0 Å². The fraction of sp³-hybridized carbons (Fsp3) is 0.458. The molecule has 0 aliphatic carbocycles. The van der Waals surface area contributed by atoms with Crippen molar-refractivity contribution in [1.29, 1.82) is 0 Å². The average molecular weight is 397 g/mol. The van der Waals surface area contributed by atoms with Crippen LogP contribution in [0.1, 0.15) is 47.7 Å². The SMILES string of the molecule is COCCOc1ccccc1C(=O)NCc1ccc(CN2CCCCC2C)cc1. The molecule has 0 saturated carbocycles. The Labute approximate surface area is 174 Å². The van der Waals surface area contributed by atoms with Crippen LogP contribution in [-0.4, -0.2) is 43.7 Å². The summed E-state index contributed by atoms with van der Waals surface area (Å²) in [5.41, 5.74) is 2.96. The lowest BCUT2D eigenvalue weighted by molar-refractivity contribution is 0.0943.